The molecule has 2 aromatic carbocycles. The average molecular weight is 297 g/mol. The first-order chi connectivity index (χ1) is 10.7. The Morgan fingerprint density at radius 1 is 1.00 bits per heavy atom. The first-order valence-electron chi connectivity index (χ1n) is 7.32. The highest BCUT2D eigenvalue weighted by molar-refractivity contribution is 5.81. The van der Waals surface area contributed by atoms with Crippen LogP contribution in [0.5, 0.6) is 11.5 Å². The van der Waals surface area contributed by atoms with Crippen molar-refractivity contribution < 1.29 is 10.2 Å². The van der Waals surface area contributed by atoms with Crippen LogP contribution in [0.1, 0.15) is 17.2 Å². The van der Waals surface area contributed by atoms with Gasteiger partial charge in [-0.05, 0) is 41.8 Å². The van der Waals surface area contributed by atoms with Crippen LogP contribution in [0, 0.1) is 0 Å². The molecular weight excluding hydrogens is 278 g/mol. The summed E-state index contributed by atoms with van der Waals surface area (Å²) in [4.78, 5) is 4.38. The Kier molecular flexibility index (Phi) is 4.14. The fourth-order valence-corrected chi connectivity index (χ4v) is 2.49. The minimum Gasteiger partial charge on any atom is -0.508 e. The van der Waals surface area contributed by atoms with Crippen LogP contribution in [-0.2, 0) is 6.42 Å². The van der Waals surface area contributed by atoms with Crippen molar-refractivity contribution in [2.45, 2.75) is 12.5 Å². The van der Waals surface area contributed by atoms with E-state index < -0.39 is 0 Å². The van der Waals surface area contributed by atoms with E-state index in [4.69, 9.17) is 0 Å². The zero-order chi connectivity index (χ0) is 15.4. The summed E-state index contributed by atoms with van der Waals surface area (Å²) in [5, 5.41) is 25.5. The number of aromatic hydroxyl groups is 2. The summed E-state index contributed by atoms with van der Waals surface area (Å²) in [6, 6.07) is 14.4. The standard InChI is InChI=1S/C17H19N3O2/c21-14-5-1-12(2-6-14)11-16(20-17-18-9-10-19-17)13-3-7-15(22)8-4-13/h1-8,16,21-22H,9-11H2,(H2,18,19,20). The van der Waals surface area contributed by atoms with Crippen molar-refractivity contribution in [3.8, 4) is 11.5 Å². The van der Waals surface area contributed by atoms with E-state index in [-0.39, 0.29) is 17.5 Å². The number of phenolic OH excluding ortho intramolecular Hbond substituents is 2. The monoisotopic (exact) mass is 297 g/mol. The van der Waals surface area contributed by atoms with Crippen LogP contribution in [0.2, 0.25) is 0 Å². The number of phenols is 2. The zero-order valence-electron chi connectivity index (χ0n) is 12.2. The number of hydrogen-bond acceptors (Lipinski definition) is 5. The van der Waals surface area contributed by atoms with Gasteiger partial charge in [0.05, 0.1) is 12.6 Å². The highest BCUT2D eigenvalue weighted by atomic mass is 16.3. The molecule has 5 heteroatoms. The van der Waals surface area contributed by atoms with Crippen molar-refractivity contribution in [1.82, 2.24) is 10.6 Å². The topological polar surface area (TPSA) is 76.9 Å². The Bertz CT molecular complexity index is 651. The Hall–Kier alpha value is -2.69. The number of hydrogen-bond donors (Lipinski definition) is 4. The number of nitrogens with zero attached hydrogens (tertiary/aromatic N) is 1. The fourth-order valence-electron chi connectivity index (χ4n) is 2.49. The molecule has 0 radical (unpaired) electrons. The van der Waals surface area contributed by atoms with Gasteiger partial charge in [0.25, 0.3) is 0 Å². The summed E-state index contributed by atoms with van der Waals surface area (Å²) in [6.45, 7) is 1.63. The second kappa shape index (κ2) is 6.39. The zero-order valence-corrected chi connectivity index (χ0v) is 12.2. The molecule has 0 amide bonds. The van der Waals surface area contributed by atoms with E-state index in [9.17, 15) is 10.2 Å². The molecular formula is C17H19N3O2. The Labute approximate surface area is 129 Å². The van der Waals surface area contributed by atoms with Gasteiger partial charge in [-0.2, -0.15) is 0 Å². The molecule has 0 bridgehead atoms. The van der Waals surface area contributed by atoms with E-state index in [1.807, 2.05) is 24.3 Å². The largest absolute Gasteiger partial charge is 0.508 e. The summed E-state index contributed by atoms with van der Waals surface area (Å²) in [5.74, 6) is 1.32. The van der Waals surface area contributed by atoms with E-state index in [0.29, 0.717) is 0 Å². The third-order valence-electron chi connectivity index (χ3n) is 3.66. The van der Waals surface area contributed by atoms with Crippen molar-refractivity contribution in [2.75, 3.05) is 13.1 Å². The lowest BCUT2D eigenvalue weighted by molar-refractivity contribution is 0.473. The van der Waals surface area contributed by atoms with Gasteiger partial charge in [0, 0.05) is 6.54 Å². The van der Waals surface area contributed by atoms with Gasteiger partial charge in [-0.1, -0.05) is 24.3 Å². The average Bonchev–Trinajstić information content (AvgIpc) is 3.03. The predicted molar refractivity (Wildman–Crippen MR) is 86.1 cm³/mol. The second-order valence-corrected chi connectivity index (χ2v) is 5.32. The van der Waals surface area contributed by atoms with Gasteiger partial charge in [-0.15, -0.1) is 0 Å². The van der Waals surface area contributed by atoms with Crippen LogP contribution in [0.4, 0.5) is 0 Å². The van der Waals surface area contributed by atoms with Crippen molar-refractivity contribution in [3.63, 3.8) is 0 Å². The van der Waals surface area contributed by atoms with Crippen LogP contribution < -0.4 is 10.6 Å². The van der Waals surface area contributed by atoms with Gasteiger partial charge in [-0.3, -0.25) is 4.99 Å². The summed E-state index contributed by atoms with van der Waals surface area (Å²) >= 11 is 0. The van der Waals surface area contributed by atoms with Gasteiger partial charge in [-0.25, -0.2) is 0 Å². The lowest BCUT2D eigenvalue weighted by atomic mass is 9.98. The number of nitrogens with one attached hydrogen (secondary N) is 2. The molecule has 1 heterocycles. The van der Waals surface area contributed by atoms with Crippen LogP contribution in [0.25, 0.3) is 0 Å². The Balaban J connectivity index is 1.81. The van der Waals surface area contributed by atoms with Gasteiger partial charge < -0.3 is 20.8 Å². The molecule has 0 fully saturated rings. The first-order valence-corrected chi connectivity index (χ1v) is 7.32. The fraction of sp³-hybridized carbons (Fsp3) is 0.235. The summed E-state index contributed by atoms with van der Waals surface area (Å²) in [6.07, 6.45) is 0.756. The van der Waals surface area contributed by atoms with Gasteiger partial charge in [0.15, 0.2) is 5.96 Å². The number of aliphatic imine (C=N–C) groups is 1. The SMILES string of the molecule is Oc1ccc(CC(NC2=NCCN2)c2ccc(O)cc2)cc1. The summed E-state index contributed by atoms with van der Waals surface area (Å²) in [5.41, 5.74) is 2.18. The molecule has 0 aromatic heterocycles. The van der Waals surface area contributed by atoms with E-state index in [1.165, 1.54) is 0 Å². The van der Waals surface area contributed by atoms with Crippen LogP contribution in [-0.4, -0.2) is 29.3 Å². The minimum atomic E-state index is 0.0366. The van der Waals surface area contributed by atoms with Crippen molar-refractivity contribution >= 4 is 5.96 Å². The molecule has 1 atom stereocenters. The molecule has 0 aliphatic carbocycles. The Morgan fingerprint density at radius 2 is 1.64 bits per heavy atom. The maximum atomic E-state index is 9.46. The molecule has 1 aliphatic rings. The van der Waals surface area contributed by atoms with Crippen molar-refractivity contribution in [2.24, 2.45) is 4.99 Å². The van der Waals surface area contributed by atoms with Crippen molar-refractivity contribution in [3.05, 3.63) is 59.7 Å². The van der Waals surface area contributed by atoms with Gasteiger partial charge in [0.1, 0.15) is 11.5 Å². The molecule has 0 saturated carbocycles. The summed E-state index contributed by atoms with van der Waals surface area (Å²) < 4.78 is 0. The molecule has 114 valence electrons. The van der Waals surface area contributed by atoms with E-state index in [2.05, 4.69) is 15.6 Å². The molecule has 3 rings (SSSR count). The molecule has 1 aliphatic heterocycles. The van der Waals surface area contributed by atoms with E-state index >= 15 is 0 Å². The highest BCUT2D eigenvalue weighted by Gasteiger charge is 2.16. The lowest BCUT2D eigenvalue weighted by Gasteiger charge is -2.20. The third kappa shape index (κ3) is 3.49. The molecule has 2 aromatic rings. The van der Waals surface area contributed by atoms with Crippen LogP contribution in [0.15, 0.2) is 53.5 Å². The maximum Gasteiger partial charge on any atom is 0.191 e. The normalized spacial score (nSPS) is 15.0. The molecule has 0 spiro atoms. The molecule has 4 N–H and O–H groups in total. The molecule has 1 unspecified atom stereocenters. The van der Waals surface area contributed by atoms with Crippen LogP contribution in [0.3, 0.4) is 0 Å². The quantitative estimate of drug-likeness (QED) is 0.695. The van der Waals surface area contributed by atoms with Gasteiger partial charge >= 0.3 is 0 Å². The molecule has 22 heavy (non-hydrogen) atoms. The van der Waals surface area contributed by atoms with E-state index in [1.54, 1.807) is 24.3 Å². The predicted octanol–water partition coefficient (Wildman–Crippen LogP) is 1.93. The number of guanidine groups is 1. The third-order valence-corrected chi connectivity index (χ3v) is 3.66. The van der Waals surface area contributed by atoms with Crippen LogP contribution >= 0.6 is 0 Å². The van der Waals surface area contributed by atoms with Crippen molar-refractivity contribution in [1.29, 1.82) is 0 Å². The molecule has 5 nitrogen and oxygen atoms in total. The first kappa shape index (κ1) is 14.3. The van der Waals surface area contributed by atoms with E-state index in [0.717, 1.165) is 36.6 Å². The number of rotatable bonds is 4. The minimum absolute atomic E-state index is 0.0366. The maximum absolute atomic E-state index is 9.46. The lowest BCUT2D eigenvalue weighted by Crippen LogP contribution is -2.37. The second-order valence-electron chi connectivity index (χ2n) is 5.32. The van der Waals surface area contributed by atoms with Gasteiger partial charge in [0.2, 0.25) is 0 Å². The molecule has 0 saturated heterocycles. The Morgan fingerprint density at radius 3 is 2.23 bits per heavy atom. The highest BCUT2D eigenvalue weighted by Crippen LogP contribution is 2.22. The number of benzene rings is 2. The smallest absolute Gasteiger partial charge is 0.191 e. The summed E-state index contributed by atoms with van der Waals surface area (Å²) in [7, 11) is 0.